The molecule has 0 amide bonds. The summed E-state index contributed by atoms with van der Waals surface area (Å²) in [4.78, 5) is 2.59. The third-order valence-corrected chi connectivity index (χ3v) is 5.02. The van der Waals surface area contributed by atoms with Gasteiger partial charge in [0.1, 0.15) is 12.4 Å². The van der Waals surface area contributed by atoms with Crippen LogP contribution in [0.1, 0.15) is 37.2 Å². The van der Waals surface area contributed by atoms with Crippen LogP contribution in [0.4, 0.5) is 0 Å². The van der Waals surface area contributed by atoms with Crippen molar-refractivity contribution in [2.24, 2.45) is 0 Å². The highest BCUT2D eigenvalue weighted by molar-refractivity contribution is 5.30. The van der Waals surface area contributed by atoms with Gasteiger partial charge in [-0.1, -0.05) is 18.6 Å². The number of nitrogens with zero attached hydrogens (tertiary/aromatic N) is 1. The van der Waals surface area contributed by atoms with E-state index in [9.17, 15) is 0 Å². The summed E-state index contributed by atoms with van der Waals surface area (Å²) in [5.74, 6) is 1.59. The fraction of sp³-hybridized carbons (Fsp3) is 0.647. The molecule has 20 heavy (non-hydrogen) atoms. The molecule has 4 rings (SSSR count). The molecule has 3 aliphatic rings. The number of hydrogen-bond donors (Lipinski definition) is 0. The standard InChI is InChI=1S/C17H23NO2/c1-2-15(3-1)18-10-16(18)12-20-17-6-4-13(5-7-17)14-8-9-19-11-14/h4-7,14-16H,1-3,8-12H2. The average molecular weight is 273 g/mol. The number of ether oxygens (including phenoxy) is 2. The maximum atomic E-state index is 5.92. The molecule has 108 valence electrons. The SMILES string of the molecule is c1cc(C2CCOC2)ccc1OCC1CN1C1CCC1. The first-order chi connectivity index (χ1) is 9.90. The van der Waals surface area contributed by atoms with Crippen LogP contribution in [0, 0.1) is 0 Å². The van der Waals surface area contributed by atoms with Gasteiger partial charge in [-0.05, 0) is 37.0 Å². The molecule has 3 nitrogen and oxygen atoms in total. The summed E-state index contributed by atoms with van der Waals surface area (Å²) in [5, 5.41) is 0. The maximum absolute atomic E-state index is 5.92. The lowest BCUT2D eigenvalue weighted by Crippen LogP contribution is -2.29. The van der Waals surface area contributed by atoms with E-state index in [4.69, 9.17) is 9.47 Å². The van der Waals surface area contributed by atoms with Gasteiger partial charge >= 0.3 is 0 Å². The van der Waals surface area contributed by atoms with Gasteiger partial charge in [0.05, 0.1) is 12.6 Å². The Morgan fingerprint density at radius 3 is 2.65 bits per heavy atom. The largest absolute Gasteiger partial charge is 0.492 e. The molecule has 3 unspecified atom stereocenters. The monoisotopic (exact) mass is 273 g/mol. The van der Waals surface area contributed by atoms with Gasteiger partial charge in [-0.15, -0.1) is 0 Å². The summed E-state index contributed by atoms with van der Waals surface area (Å²) in [6, 6.07) is 10.2. The van der Waals surface area contributed by atoms with Gasteiger partial charge in [0.25, 0.3) is 0 Å². The van der Waals surface area contributed by atoms with Crippen molar-refractivity contribution in [3.05, 3.63) is 29.8 Å². The van der Waals surface area contributed by atoms with Crippen LogP contribution < -0.4 is 4.74 Å². The van der Waals surface area contributed by atoms with E-state index in [0.717, 1.165) is 38.0 Å². The van der Waals surface area contributed by atoms with Crippen LogP contribution in [0.15, 0.2) is 24.3 Å². The van der Waals surface area contributed by atoms with E-state index >= 15 is 0 Å². The Kier molecular flexibility index (Phi) is 3.41. The molecule has 0 radical (unpaired) electrons. The smallest absolute Gasteiger partial charge is 0.119 e. The zero-order chi connectivity index (χ0) is 13.4. The van der Waals surface area contributed by atoms with Crippen LogP contribution in [0.3, 0.4) is 0 Å². The lowest BCUT2D eigenvalue weighted by Gasteiger charge is -2.27. The van der Waals surface area contributed by atoms with Crippen molar-refractivity contribution in [3.8, 4) is 5.75 Å². The van der Waals surface area contributed by atoms with Crippen LogP contribution in [0.25, 0.3) is 0 Å². The van der Waals surface area contributed by atoms with Gasteiger partial charge in [-0.2, -0.15) is 0 Å². The van der Waals surface area contributed by atoms with E-state index in [-0.39, 0.29) is 0 Å². The number of rotatable bonds is 5. The zero-order valence-corrected chi connectivity index (χ0v) is 12.0. The molecule has 0 bridgehead atoms. The molecule has 2 saturated heterocycles. The summed E-state index contributed by atoms with van der Waals surface area (Å²) >= 11 is 0. The molecule has 2 heterocycles. The highest BCUT2D eigenvalue weighted by atomic mass is 16.5. The minimum atomic E-state index is 0.585. The Bertz CT molecular complexity index is 449. The fourth-order valence-electron chi connectivity index (χ4n) is 3.34. The summed E-state index contributed by atoms with van der Waals surface area (Å²) < 4.78 is 11.4. The first-order valence-corrected chi connectivity index (χ1v) is 7.96. The molecule has 0 N–H and O–H groups in total. The third kappa shape index (κ3) is 2.57. The van der Waals surface area contributed by atoms with E-state index in [1.807, 2.05) is 0 Å². The quantitative estimate of drug-likeness (QED) is 0.770. The van der Waals surface area contributed by atoms with E-state index < -0.39 is 0 Å². The van der Waals surface area contributed by atoms with Crippen molar-refractivity contribution < 1.29 is 9.47 Å². The van der Waals surface area contributed by atoms with E-state index in [1.54, 1.807) is 0 Å². The van der Waals surface area contributed by atoms with Gasteiger partial charge in [0, 0.05) is 25.1 Å². The van der Waals surface area contributed by atoms with Gasteiger partial charge in [0.2, 0.25) is 0 Å². The van der Waals surface area contributed by atoms with Gasteiger partial charge in [-0.25, -0.2) is 0 Å². The minimum absolute atomic E-state index is 0.585. The fourth-order valence-corrected chi connectivity index (χ4v) is 3.34. The van der Waals surface area contributed by atoms with Crippen molar-refractivity contribution in [3.63, 3.8) is 0 Å². The molecule has 1 aromatic carbocycles. The number of hydrogen-bond acceptors (Lipinski definition) is 3. The van der Waals surface area contributed by atoms with Crippen molar-refractivity contribution in [2.45, 2.75) is 43.7 Å². The molecule has 1 aliphatic carbocycles. The Balaban J connectivity index is 1.27. The summed E-state index contributed by atoms with van der Waals surface area (Å²) in [6.45, 7) is 3.87. The predicted octanol–water partition coefficient (Wildman–Crippen LogP) is 2.81. The molecule has 3 fully saturated rings. The maximum Gasteiger partial charge on any atom is 0.119 e. The van der Waals surface area contributed by atoms with Gasteiger partial charge in [0.15, 0.2) is 0 Å². The van der Waals surface area contributed by atoms with Crippen molar-refractivity contribution >= 4 is 0 Å². The molecule has 0 aromatic heterocycles. The average Bonchev–Trinajstić information content (AvgIpc) is 2.96. The zero-order valence-electron chi connectivity index (χ0n) is 12.0. The minimum Gasteiger partial charge on any atom is -0.492 e. The molecule has 1 saturated carbocycles. The summed E-state index contributed by atoms with van der Waals surface area (Å²) in [6.07, 6.45) is 5.36. The van der Waals surface area contributed by atoms with Crippen LogP contribution >= 0.6 is 0 Å². The topological polar surface area (TPSA) is 21.5 Å². The molecular formula is C17H23NO2. The first kappa shape index (κ1) is 12.7. The van der Waals surface area contributed by atoms with Gasteiger partial charge in [-0.3, -0.25) is 4.90 Å². The second kappa shape index (κ2) is 5.38. The summed E-state index contributed by atoms with van der Waals surface area (Å²) in [5.41, 5.74) is 1.39. The highest BCUT2D eigenvalue weighted by Crippen LogP contribution is 2.34. The molecule has 2 aliphatic heterocycles. The van der Waals surface area contributed by atoms with Crippen LogP contribution in [0.2, 0.25) is 0 Å². The van der Waals surface area contributed by atoms with Crippen molar-refractivity contribution in [2.75, 3.05) is 26.4 Å². The van der Waals surface area contributed by atoms with E-state index in [1.165, 1.54) is 31.4 Å². The predicted molar refractivity (Wildman–Crippen MR) is 78.2 cm³/mol. The van der Waals surface area contributed by atoms with Crippen LogP contribution in [-0.4, -0.2) is 43.3 Å². The Morgan fingerprint density at radius 1 is 1.15 bits per heavy atom. The van der Waals surface area contributed by atoms with E-state index in [2.05, 4.69) is 29.2 Å². The van der Waals surface area contributed by atoms with Crippen molar-refractivity contribution in [1.82, 2.24) is 4.90 Å². The summed E-state index contributed by atoms with van der Waals surface area (Å²) in [7, 11) is 0. The van der Waals surface area contributed by atoms with Crippen LogP contribution in [-0.2, 0) is 4.74 Å². The molecular weight excluding hydrogens is 250 g/mol. The number of benzene rings is 1. The normalized spacial score (nSPS) is 32.9. The first-order valence-electron chi connectivity index (χ1n) is 7.96. The second-order valence-electron chi connectivity index (χ2n) is 6.38. The van der Waals surface area contributed by atoms with E-state index in [0.29, 0.717) is 12.0 Å². The Morgan fingerprint density at radius 2 is 2.00 bits per heavy atom. The Labute approximate surface area is 120 Å². The van der Waals surface area contributed by atoms with Crippen LogP contribution in [0.5, 0.6) is 5.75 Å². The lowest BCUT2D eigenvalue weighted by atomic mass is 9.93. The molecule has 1 aromatic rings. The highest BCUT2D eigenvalue weighted by Gasteiger charge is 2.42. The molecule has 0 spiro atoms. The molecule has 3 heteroatoms. The van der Waals surface area contributed by atoms with Crippen molar-refractivity contribution in [1.29, 1.82) is 0 Å². The molecule has 3 atom stereocenters. The second-order valence-corrected chi connectivity index (χ2v) is 6.38. The third-order valence-electron chi connectivity index (χ3n) is 5.02. The lowest BCUT2D eigenvalue weighted by molar-refractivity contribution is 0.194. The Hall–Kier alpha value is -1.06. The van der Waals surface area contributed by atoms with Gasteiger partial charge < -0.3 is 9.47 Å².